The Kier molecular flexibility index (Phi) is 1.89. The van der Waals surface area contributed by atoms with E-state index in [0.717, 1.165) is 30.5 Å². The summed E-state index contributed by atoms with van der Waals surface area (Å²) in [5.41, 5.74) is 1.97. The predicted molar refractivity (Wildman–Crippen MR) is 53.0 cm³/mol. The molecule has 3 nitrogen and oxygen atoms in total. The number of aromatic amines is 1. The molecule has 1 aliphatic rings. The molecule has 0 spiro atoms. The van der Waals surface area contributed by atoms with Crippen LogP contribution in [0.3, 0.4) is 0 Å². The molecule has 1 aromatic rings. The van der Waals surface area contributed by atoms with Crippen LogP contribution in [0.2, 0.25) is 0 Å². The summed E-state index contributed by atoms with van der Waals surface area (Å²) in [4.78, 5) is 14.0. The van der Waals surface area contributed by atoms with Gasteiger partial charge in [0.05, 0.1) is 0 Å². The third-order valence-electron chi connectivity index (χ3n) is 2.19. The monoisotopic (exact) mass is 200 g/mol. The van der Waals surface area contributed by atoms with E-state index in [-0.39, 0.29) is 5.56 Å². The molecule has 0 aliphatic heterocycles. The first-order chi connectivity index (χ1) is 5.70. The van der Waals surface area contributed by atoms with Crippen LogP contribution in [-0.2, 0) is 12.8 Å². The Bertz CT molecular complexity index is 434. The molecule has 0 bridgehead atoms. The average Bonchev–Trinajstić information content (AvgIpc) is 2.48. The minimum atomic E-state index is -0.00815. The van der Waals surface area contributed by atoms with Gasteiger partial charge in [-0.05, 0) is 40.9 Å². The molecule has 0 saturated heterocycles. The molecule has 2 rings (SSSR count). The minimum Gasteiger partial charge on any atom is -0.307 e. The number of rotatable bonds is 0. The van der Waals surface area contributed by atoms with Crippen molar-refractivity contribution in [2.75, 3.05) is 0 Å². The van der Waals surface area contributed by atoms with Crippen molar-refractivity contribution in [3.8, 4) is 0 Å². The van der Waals surface area contributed by atoms with Crippen LogP contribution in [0, 0.1) is 4.77 Å². The predicted octanol–water partition coefficient (Wildman–Crippen LogP) is 1.03. The molecule has 5 heteroatoms. The van der Waals surface area contributed by atoms with Crippen molar-refractivity contribution in [1.82, 2.24) is 9.32 Å². The maximum absolute atomic E-state index is 11.3. The zero-order chi connectivity index (χ0) is 8.72. The summed E-state index contributed by atoms with van der Waals surface area (Å²) >= 11 is 4.97. The van der Waals surface area contributed by atoms with E-state index in [9.17, 15) is 4.79 Å². The standard InChI is InChI=1S/C7H9N2OPS/c10-6-4-2-1-3-5(4)9(11)7(12)8-6/h1-3,11H2,(H,8,10,12). The molecule has 1 aliphatic carbocycles. The van der Waals surface area contributed by atoms with Crippen LogP contribution in [-0.4, -0.2) is 9.32 Å². The van der Waals surface area contributed by atoms with Crippen LogP contribution in [0.5, 0.6) is 0 Å². The Labute approximate surface area is 77.1 Å². The van der Waals surface area contributed by atoms with E-state index in [1.807, 2.05) is 4.34 Å². The molecule has 1 heterocycles. The largest absolute Gasteiger partial charge is 0.307 e. The number of aromatic nitrogens is 2. The van der Waals surface area contributed by atoms with E-state index in [2.05, 4.69) is 14.4 Å². The minimum absolute atomic E-state index is 0.00815. The van der Waals surface area contributed by atoms with E-state index >= 15 is 0 Å². The van der Waals surface area contributed by atoms with Crippen LogP contribution in [0.1, 0.15) is 17.7 Å². The lowest BCUT2D eigenvalue weighted by molar-refractivity contribution is 0.888. The van der Waals surface area contributed by atoms with Gasteiger partial charge in [0.15, 0.2) is 4.77 Å². The van der Waals surface area contributed by atoms with Gasteiger partial charge in [0, 0.05) is 11.3 Å². The van der Waals surface area contributed by atoms with Gasteiger partial charge in [-0.15, -0.1) is 0 Å². The zero-order valence-corrected chi connectivity index (χ0v) is 8.43. The van der Waals surface area contributed by atoms with Gasteiger partial charge in [0.1, 0.15) is 0 Å². The molecular weight excluding hydrogens is 191 g/mol. The lowest BCUT2D eigenvalue weighted by Crippen LogP contribution is -2.16. The molecule has 64 valence electrons. The van der Waals surface area contributed by atoms with Crippen LogP contribution >= 0.6 is 21.6 Å². The van der Waals surface area contributed by atoms with Gasteiger partial charge in [-0.3, -0.25) is 9.78 Å². The highest BCUT2D eigenvalue weighted by Crippen LogP contribution is 2.19. The lowest BCUT2D eigenvalue weighted by Gasteiger charge is -2.04. The van der Waals surface area contributed by atoms with Gasteiger partial charge in [-0.1, -0.05) is 0 Å². The highest BCUT2D eigenvalue weighted by Gasteiger charge is 2.16. The Morgan fingerprint density at radius 2 is 2.25 bits per heavy atom. The summed E-state index contributed by atoms with van der Waals surface area (Å²) in [6.07, 6.45) is 2.91. The fraction of sp³-hybridized carbons (Fsp3) is 0.429. The second-order valence-electron chi connectivity index (χ2n) is 2.91. The maximum atomic E-state index is 11.3. The average molecular weight is 200 g/mol. The van der Waals surface area contributed by atoms with Gasteiger partial charge in [0.25, 0.3) is 5.56 Å². The molecule has 0 amide bonds. The molecule has 0 aromatic carbocycles. The van der Waals surface area contributed by atoms with Crippen molar-refractivity contribution in [2.45, 2.75) is 19.3 Å². The van der Waals surface area contributed by atoms with E-state index in [1.165, 1.54) is 0 Å². The van der Waals surface area contributed by atoms with Crippen LogP contribution in [0.4, 0.5) is 0 Å². The van der Waals surface area contributed by atoms with E-state index < -0.39 is 0 Å². The number of H-pyrrole nitrogens is 1. The van der Waals surface area contributed by atoms with Crippen LogP contribution in [0.15, 0.2) is 4.79 Å². The van der Waals surface area contributed by atoms with Crippen molar-refractivity contribution in [2.24, 2.45) is 0 Å². The first-order valence-electron chi connectivity index (χ1n) is 3.82. The smallest absolute Gasteiger partial charge is 0.255 e. The molecule has 1 aromatic heterocycles. The second-order valence-corrected chi connectivity index (χ2v) is 3.81. The fourth-order valence-corrected chi connectivity index (χ4v) is 2.15. The van der Waals surface area contributed by atoms with Crippen molar-refractivity contribution < 1.29 is 0 Å². The lowest BCUT2D eigenvalue weighted by atomic mass is 10.3. The van der Waals surface area contributed by atoms with E-state index in [4.69, 9.17) is 12.2 Å². The number of nitrogens with zero attached hydrogens (tertiary/aromatic N) is 1. The van der Waals surface area contributed by atoms with E-state index in [1.54, 1.807) is 0 Å². The number of hydrogen-bond acceptors (Lipinski definition) is 2. The van der Waals surface area contributed by atoms with E-state index in [0.29, 0.717) is 4.77 Å². The summed E-state index contributed by atoms with van der Waals surface area (Å²) < 4.78 is 2.31. The van der Waals surface area contributed by atoms with Crippen molar-refractivity contribution in [3.63, 3.8) is 0 Å². The third kappa shape index (κ3) is 1.06. The summed E-state index contributed by atoms with van der Waals surface area (Å²) in [7, 11) is 2.53. The maximum Gasteiger partial charge on any atom is 0.255 e. The molecule has 1 unspecified atom stereocenters. The Balaban J connectivity index is 2.87. The summed E-state index contributed by atoms with van der Waals surface area (Å²) in [6, 6.07) is 0. The second kappa shape index (κ2) is 2.79. The van der Waals surface area contributed by atoms with Gasteiger partial charge >= 0.3 is 0 Å². The number of nitrogens with one attached hydrogen (secondary N) is 1. The van der Waals surface area contributed by atoms with Crippen molar-refractivity contribution in [3.05, 3.63) is 26.4 Å². The Morgan fingerprint density at radius 3 is 3.00 bits per heavy atom. The molecule has 0 fully saturated rings. The summed E-state index contributed by atoms with van der Waals surface area (Å²) in [5, 5.41) is 0. The Morgan fingerprint density at radius 1 is 1.50 bits per heavy atom. The Hall–Kier alpha value is -0.470. The topological polar surface area (TPSA) is 37.8 Å². The highest BCUT2D eigenvalue weighted by atomic mass is 32.1. The molecular formula is C7H9N2OPS. The van der Waals surface area contributed by atoms with Crippen molar-refractivity contribution >= 4 is 21.6 Å². The molecule has 0 saturated carbocycles. The SMILES string of the molecule is O=c1[nH]c(=S)n(P)c2c1CCC2. The number of fused-ring (bicyclic) bond motifs is 1. The zero-order valence-electron chi connectivity index (χ0n) is 6.46. The molecule has 0 radical (unpaired) electrons. The molecule has 1 atom stereocenters. The highest BCUT2D eigenvalue weighted by molar-refractivity contribution is 7.71. The van der Waals surface area contributed by atoms with Gasteiger partial charge in [-0.2, -0.15) is 0 Å². The summed E-state index contributed by atoms with van der Waals surface area (Å²) in [6.45, 7) is 0. The van der Waals surface area contributed by atoms with Crippen LogP contribution in [0.25, 0.3) is 0 Å². The van der Waals surface area contributed by atoms with Gasteiger partial charge in [-0.25, -0.2) is 0 Å². The third-order valence-corrected chi connectivity index (χ3v) is 3.25. The first kappa shape index (κ1) is 8.14. The molecule has 1 N–H and O–H groups in total. The van der Waals surface area contributed by atoms with Gasteiger partial charge in [0.2, 0.25) is 0 Å². The van der Waals surface area contributed by atoms with Crippen LogP contribution < -0.4 is 5.56 Å². The quantitative estimate of drug-likeness (QED) is 0.501. The molecule has 12 heavy (non-hydrogen) atoms. The number of hydrogen-bond donors (Lipinski definition) is 1. The fourth-order valence-electron chi connectivity index (χ4n) is 1.59. The van der Waals surface area contributed by atoms with Gasteiger partial charge < -0.3 is 4.34 Å². The normalized spacial score (nSPS) is 14.8. The van der Waals surface area contributed by atoms with Crippen molar-refractivity contribution in [1.29, 1.82) is 0 Å². The first-order valence-corrected chi connectivity index (χ1v) is 4.75. The summed E-state index contributed by atoms with van der Waals surface area (Å²) in [5.74, 6) is 0.